The number of hydrogen-bond donors (Lipinski definition) is 2. The smallest absolute Gasteiger partial charge is 0.0355 e. The molecule has 1 spiro atoms. The zero-order chi connectivity index (χ0) is 8.44. The van der Waals surface area contributed by atoms with Crippen molar-refractivity contribution in [1.29, 1.82) is 0 Å². The van der Waals surface area contributed by atoms with Crippen LogP contribution in [0, 0.1) is 0 Å². The summed E-state index contributed by atoms with van der Waals surface area (Å²) in [4.78, 5) is 2.55. The van der Waals surface area contributed by atoms with Gasteiger partial charge in [0.05, 0.1) is 0 Å². The van der Waals surface area contributed by atoms with Crippen LogP contribution >= 0.6 is 12.4 Å². The standard InChI is InChI=1S/C9H19N3.ClH/c1-12-7-6-11-8-9(12)2-4-10-5-3-9;/h10-11H,2-8H2,1H3;1H. The maximum absolute atomic E-state index is 3.51. The second kappa shape index (κ2) is 4.60. The highest BCUT2D eigenvalue weighted by Crippen LogP contribution is 2.25. The van der Waals surface area contributed by atoms with E-state index in [2.05, 4.69) is 22.6 Å². The summed E-state index contributed by atoms with van der Waals surface area (Å²) < 4.78 is 0. The van der Waals surface area contributed by atoms with Gasteiger partial charge in [-0.1, -0.05) is 0 Å². The zero-order valence-electron chi connectivity index (χ0n) is 8.31. The second-order valence-electron chi connectivity index (χ2n) is 4.07. The van der Waals surface area contributed by atoms with E-state index in [-0.39, 0.29) is 12.4 Å². The van der Waals surface area contributed by atoms with Crippen molar-refractivity contribution in [3.63, 3.8) is 0 Å². The highest BCUT2D eigenvalue weighted by molar-refractivity contribution is 5.85. The molecule has 0 unspecified atom stereocenters. The Balaban J connectivity index is 0.000000845. The molecule has 0 aromatic rings. The van der Waals surface area contributed by atoms with Crippen LogP contribution in [0.25, 0.3) is 0 Å². The van der Waals surface area contributed by atoms with Crippen LogP contribution in [0.5, 0.6) is 0 Å². The molecule has 2 N–H and O–H groups in total. The largest absolute Gasteiger partial charge is 0.317 e. The molecule has 2 aliphatic rings. The summed E-state index contributed by atoms with van der Waals surface area (Å²) in [5.74, 6) is 0. The Morgan fingerprint density at radius 3 is 2.38 bits per heavy atom. The molecule has 2 heterocycles. The Morgan fingerprint density at radius 1 is 1.08 bits per heavy atom. The normalized spacial score (nSPS) is 28.4. The molecule has 13 heavy (non-hydrogen) atoms. The minimum Gasteiger partial charge on any atom is -0.317 e. The quantitative estimate of drug-likeness (QED) is 0.586. The Hall–Kier alpha value is 0.170. The molecule has 4 heteroatoms. The summed E-state index contributed by atoms with van der Waals surface area (Å²) in [6.07, 6.45) is 2.60. The Labute approximate surface area is 86.7 Å². The van der Waals surface area contributed by atoms with Crippen LogP contribution in [-0.4, -0.2) is 50.2 Å². The van der Waals surface area contributed by atoms with Crippen LogP contribution in [0.3, 0.4) is 0 Å². The van der Waals surface area contributed by atoms with Crippen LogP contribution in [0.15, 0.2) is 0 Å². The van der Waals surface area contributed by atoms with E-state index in [0.717, 1.165) is 6.54 Å². The number of hydrogen-bond acceptors (Lipinski definition) is 3. The minimum absolute atomic E-state index is 0. The first-order valence-electron chi connectivity index (χ1n) is 4.96. The molecule has 2 rings (SSSR count). The summed E-state index contributed by atoms with van der Waals surface area (Å²) in [5.41, 5.74) is 0.476. The number of likely N-dealkylation sites (N-methyl/N-ethyl adjacent to an activating group) is 1. The van der Waals surface area contributed by atoms with Crippen molar-refractivity contribution in [3.05, 3.63) is 0 Å². The molecule has 0 aromatic carbocycles. The molecule has 2 aliphatic heterocycles. The molecule has 2 fully saturated rings. The SMILES string of the molecule is CN1CCNCC12CCNCC2.Cl. The number of nitrogens with one attached hydrogen (secondary N) is 2. The van der Waals surface area contributed by atoms with Crippen molar-refractivity contribution >= 4 is 12.4 Å². The molecule has 0 amide bonds. The van der Waals surface area contributed by atoms with Crippen LogP contribution < -0.4 is 10.6 Å². The lowest BCUT2D eigenvalue weighted by atomic mass is 9.85. The van der Waals surface area contributed by atoms with Gasteiger partial charge >= 0.3 is 0 Å². The topological polar surface area (TPSA) is 27.3 Å². The third-order valence-corrected chi connectivity index (χ3v) is 3.42. The van der Waals surface area contributed by atoms with E-state index >= 15 is 0 Å². The van der Waals surface area contributed by atoms with Gasteiger partial charge in [-0.25, -0.2) is 0 Å². The molecule has 0 bridgehead atoms. The number of piperazine rings is 1. The van der Waals surface area contributed by atoms with Gasteiger partial charge in [-0.2, -0.15) is 0 Å². The predicted octanol–water partition coefficient (Wildman–Crippen LogP) is 0.0654. The lowest BCUT2D eigenvalue weighted by molar-refractivity contribution is 0.0574. The van der Waals surface area contributed by atoms with E-state index in [9.17, 15) is 0 Å². The summed E-state index contributed by atoms with van der Waals surface area (Å²) in [5, 5.41) is 6.93. The molecular formula is C9H20ClN3. The molecular weight excluding hydrogens is 186 g/mol. The lowest BCUT2D eigenvalue weighted by Gasteiger charge is -2.48. The third kappa shape index (κ3) is 2.15. The van der Waals surface area contributed by atoms with E-state index in [1.807, 2.05) is 0 Å². The zero-order valence-corrected chi connectivity index (χ0v) is 9.12. The number of rotatable bonds is 0. The van der Waals surface area contributed by atoms with Crippen molar-refractivity contribution < 1.29 is 0 Å². The first-order chi connectivity index (χ1) is 5.83. The van der Waals surface area contributed by atoms with Crippen LogP contribution in [0.1, 0.15) is 12.8 Å². The average Bonchev–Trinajstić information content (AvgIpc) is 2.12. The van der Waals surface area contributed by atoms with Crippen LogP contribution in [0.4, 0.5) is 0 Å². The van der Waals surface area contributed by atoms with Crippen molar-refractivity contribution in [1.82, 2.24) is 15.5 Å². The van der Waals surface area contributed by atoms with Gasteiger partial charge in [0.15, 0.2) is 0 Å². The number of halogens is 1. The average molecular weight is 206 g/mol. The van der Waals surface area contributed by atoms with E-state index in [0.29, 0.717) is 5.54 Å². The predicted molar refractivity (Wildman–Crippen MR) is 57.6 cm³/mol. The highest BCUT2D eigenvalue weighted by atomic mass is 35.5. The third-order valence-electron chi connectivity index (χ3n) is 3.42. The van der Waals surface area contributed by atoms with Crippen molar-refractivity contribution in [3.8, 4) is 0 Å². The number of piperidine rings is 1. The van der Waals surface area contributed by atoms with Gasteiger partial charge in [-0.3, -0.25) is 4.90 Å². The minimum atomic E-state index is 0. The molecule has 0 saturated carbocycles. The lowest BCUT2D eigenvalue weighted by Crippen LogP contribution is -2.63. The highest BCUT2D eigenvalue weighted by Gasteiger charge is 2.37. The monoisotopic (exact) mass is 205 g/mol. The van der Waals surface area contributed by atoms with E-state index in [1.54, 1.807) is 0 Å². The van der Waals surface area contributed by atoms with E-state index in [4.69, 9.17) is 0 Å². The van der Waals surface area contributed by atoms with E-state index < -0.39 is 0 Å². The van der Waals surface area contributed by atoms with Crippen molar-refractivity contribution in [2.75, 3.05) is 39.8 Å². The Morgan fingerprint density at radius 2 is 1.77 bits per heavy atom. The summed E-state index contributed by atoms with van der Waals surface area (Å²) >= 11 is 0. The summed E-state index contributed by atoms with van der Waals surface area (Å²) in [6.45, 7) is 5.93. The van der Waals surface area contributed by atoms with Crippen LogP contribution in [0.2, 0.25) is 0 Å². The van der Waals surface area contributed by atoms with E-state index in [1.165, 1.54) is 39.0 Å². The molecule has 2 saturated heterocycles. The van der Waals surface area contributed by atoms with Gasteiger partial charge in [0, 0.05) is 25.2 Å². The first kappa shape index (κ1) is 11.2. The molecule has 0 radical (unpaired) electrons. The molecule has 0 atom stereocenters. The first-order valence-corrected chi connectivity index (χ1v) is 4.96. The molecule has 78 valence electrons. The Kier molecular flexibility index (Phi) is 3.98. The number of nitrogens with zero attached hydrogens (tertiary/aromatic N) is 1. The van der Waals surface area contributed by atoms with Gasteiger partial charge in [0.25, 0.3) is 0 Å². The van der Waals surface area contributed by atoms with Crippen molar-refractivity contribution in [2.24, 2.45) is 0 Å². The van der Waals surface area contributed by atoms with Gasteiger partial charge in [0.2, 0.25) is 0 Å². The van der Waals surface area contributed by atoms with Gasteiger partial charge in [0.1, 0.15) is 0 Å². The Bertz CT molecular complexity index is 149. The maximum atomic E-state index is 3.51. The molecule has 3 nitrogen and oxygen atoms in total. The fraction of sp³-hybridized carbons (Fsp3) is 1.00. The van der Waals surface area contributed by atoms with Gasteiger partial charge in [-0.15, -0.1) is 12.4 Å². The second-order valence-corrected chi connectivity index (χ2v) is 4.07. The molecule has 0 aromatic heterocycles. The fourth-order valence-electron chi connectivity index (χ4n) is 2.39. The van der Waals surface area contributed by atoms with Gasteiger partial charge in [-0.05, 0) is 33.0 Å². The van der Waals surface area contributed by atoms with Crippen molar-refractivity contribution in [2.45, 2.75) is 18.4 Å². The molecule has 0 aliphatic carbocycles. The van der Waals surface area contributed by atoms with Gasteiger partial charge < -0.3 is 10.6 Å². The summed E-state index contributed by atoms with van der Waals surface area (Å²) in [7, 11) is 2.27. The fourth-order valence-corrected chi connectivity index (χ4v) is 2.39. The maximum Gasteiger partial charge on any atom is 0.0355 e. The summed E-state index contributed by atoms with van der Waals surface area (Å²) in [6, 6.07) is 0. The van der Waals surface area contributed by atoms with Crippen LogP contribution in [-0.2, 0) is 0 Å².